The lowest BCUT2D eigenvalue weighted by atomic mass is 10.0. The lowest BCUT2D eigenvalue weighted by Gasteiger charge is -2.10. The van der Waals surface area contributed by atoms with Gasteiger partial charge < -0.3 is 17.8 Å². The number of hydrogen-bond donors (Lipinski definition) is 0. The second kappa shape index (κ2) is 10.9. The summed E-state index contributed by atoms with van der Waals surface area (Å²) in [6.07, 6.45) is 0. The Morgan fingerprint density at radius 2 is 0.886 bits per heavy atom. The van der Waals surface area contributed by atoms with E-state index >= 15 is 0 Å². The molecule has 0 atom stereocenters. The summed E-state index contributed by atoms with van der Waals surface area (Å²) in [6, 6.07) is 13.4. The number of nitro benzene ring substituents is 2. The van der Waals surface area contributed by atoms with Crippen LogP contribution in [-0.2, 0) is 20.2 Å². The highest BCUT2D eigenvalue weighted by atomic mass is 32.2. The minimum Gasteiger partial charge on any atom is -0.497 e. The minimum atomic E-state index is -4.77. The molecule has 1 aliphatic rings. The average Bonchev–Trinajstić information content (AvgIpc) is 3.28. The van der Waals surface area contributed by atoms with Gasteiger partial charge in [-0.15, -0.1) is 0 Å². The molecule has 44 heavy (non-hydrogen) atoms. The van der Waals surface area contributed by atoms with Gasteiger partial charge in [0.15, 0.2) is 5.78 Å². The maximum Gasteiger partial charge on any atom is 0.339 e. The SMILES string of the molecule is COc1ccc(OS(=O)(=O)c2cc3c(c([N+](=O)[O-])c2)-c2c(cc(S(=O)(=O)Oc4ccc(OC)cc4)cc2[N+](=O)[O-])C3=O)cc1. The highest BCUT2D eigenvalue weighted by Gasteiger charge is 2.42. The normalized spacial score (nSPS) is 12.2. The van der Waals surface area contributed by atoms with Crippen LogP contribution >= 0.6 is 0 Å². The van der Waals surface area contributed by atoms with Crippen LogP contribution in [0.15, 0.2) is 82.6 Å². The Hall–Kier alpha value is -5.55. The first-order valence-electron chi connectivity index (χ1n) is 12.1. The van der Waals surface area contributed by atoms with Crippen molar-refractivity contribution in [1.29, 1.82) is 0 Å². The van der Waals surface area contributed by atoms with E-state index < -0.39 is 79.3 Å². The molecule has 0 fully saturated rings. The fraction of sp³-hybridized carbons (Fsp3) is 0.0741. The van der Waals surface area contributed by atoms with E-state index in [2.05, 4.69) is 0 Å². The van der Waals surface area contributed by atoms with Crippen molar-refractivity contribution in [2.75, 3.05) is 14.2 Å². The van der Waals surface area contributed by atoms with Crippen molar-refractivity contribution in [3.63, 3.8) is 0 Å². The van der Waals surface area contributed by atoms with Crippen LogP contribution in [0.5, 0.6) is 23.0 Å². The molecule has 0 amide bonds. The third-order valence-corrected chi connectivity index (χ3v) is 8.87. The molecule has 0 bridgehead atoms. The van der Waals surface area contributed by atoms with Crippen molar-refractivity contribution < 1.29 is 49.3 Å². The van der Waals surface area contributed by atoms with Gasteiger partial charge in [-0.2, -0.15) is 16.8 Å². The molecule has 0 spiro atoms. The Morgan fingerprint density at radius 1 is 0.568 bits per heavy atom. The predicted molar refractivity (Wildman–Crippen MR) is 150 cm³/mol. The van der Waals surface area contributed by atoms with Crippen molar-refractivity contribution in [2.24, 2.45) is 0 Å². The molecular weight excluding hydrogens is 624 g/mol. The number of hydrogen-bond acceptors (Lipinski definition) is 13. The van der Waals surface area contributed by atoms with E-state index in [1.165, 1.54) is 62.8 Å². The Morgan fingerprint density at radius 3 is 1.18 bits per heavy atom. The lowest BCUT2D eigenvalue weighted by Crippen LogP contribution is -2.12. The van der Waals surface area contributed by atoms with Gasteiger partial charge in [-0.1, -0.05) is 0 Å². The summed E-state index contributed by atoms with van der Waals surface area (Å²) in [6.45, 7) is 0. The van der Waals surface area contributed by atoms with Crippen LogP contribution in [-0.4, -0.2) is 46.7 Å². The van der Waals surface area contributed by atoms with Gasteiger partial charge in [0.05, 0.1) is 35.2 Å². The predicted octanol–water partition coefficient (Wildman–Crippen LogP) is 4.27. The van der Waals surface area contributed by atoms with E-state index in [0.717, 1.165) is 12.1 Å². The van der Waals surface area contributed by atoms with E-state index in [9.17, 15) is 41.9 Å². The molecule has 15 nitrogen and oxygen atoms in total. The minimum absolute atomic E-state index is 0.175. The maximum absolute atomic E-state index is 13.5. The first-order chi connectivity index (χ1) is 20.8. The number of methoxy groups -OCH3 is 2. The van der Waals surface area contributed by atoms with Gasteiger partial charge in [0.25, 0.3) is 11.4 Å². The van der Waals surface area contributed by atoms with Crippen molar-refractivity contribution >= 4 is 37.4 Å². The van der Waals surface area contributed by atoms with Gasteiger partial charge >= 0.3 is 20.2 Å². The summed E-state index contributed by atoms with van der Waals surface area (Å²) in [5, 5.41) is 24.2. The number of carbonyl (C=O) groups excluding carboxylic acids is 1. The molecule has 0 aromatic heterocycles. The zero-order valence-electron chi connectivity index (χ0n) is 22.4. The van der Waals surface area contributed by atoms with Gasteiger partial charge in [-0.25, -0.2) is 0 Å². The van der Waals surface area contributed by atoms with Crippen molar-refractivity contribution in [1.82, 2.24) is 0 Å². The molecule has 4 aromatic rings. The van der Waals surface area contributed by atoms with E-state index in [0.29, 0.717) is 23.6 Å². The third kappa shape index (κ3) is 5.36. The Labute approximate surface area is 248 Å². The maximum atomic E-state index is 13.5. The summed E-state index contributed by atoms with van der Waals surface area (Å²) in [7, 11) is -6.77. The second-order valence-electron chi connectivity index (χ2n) is 9.00. The standard InChI is InChI=1S/C27H18N2O13S2/c1-39-15-3-7-17(8-4-15)41-43(35,36)19-11-21-25(23(13-19)28(31)32)26-22(27(21)30)12-20(14-24(26)29(33)34)44(37,38)42-18-9-5-16(40-2)6-10-18/h3-14H,1-2H3. The van der Waals surface area contributed by atoms with Crippen molar-refractivity contribution in [3.05, 3.63) is 104 Å². The molecule has 0 N–H and O–H groups in total. The highest BCUT2D eigenvalue weighted by Crippen LogP contribution is 2.49. The summed E-state index contributed by atoms with van der Waals surface area (Å²) < 4.78 is 72.5. The highest BCUT2D eigenvalue weighted by molar-refractivity contribution is 7.87. The molecule has 5 rings (SSSR count). The number of nitro groups is 2. The molecule has 1 aliphatic carbocycles. The van der Waals surface area contributed by atoms with Gasteiger partial charge in [0.1, 0.15) is 32.8 Å². The number of carbonyl (C=O) groups is 1. The van der Waals surface area contributed by atoms with E-state index in [4.69, 9.17) is 17.8 Å². The number of ketones is 1. The van der Waals surface area contributed by atoms with Gasteiger partial charge in [-0.05, 0) is 60.7 Å². The molecule has 0 saturated carbocycles. The summed E-state index contributed by atoms with van der Waals surface area (Å²) in [5.74, 6) is -0.659. The molecule has 0 heterocycles. The smallest absolute Gasteiger partial charge is 0.339 e. The largest absolute Gasteiger partial charge is 0.497 e. The monoisotopic (exact) mass is 642 g/mol. The molecule has 17 heteroatoms. The second-order valence-corrected chi connectivity index (χ2v) is 12.1. The van der Waals surface area contributed by atoms with Gasteiger partial charge in [0, 0.05) is 23.3 Å². The summed E-state index contributed by atoms with van der Waals surface area (Å²) in [4.78, 5) is 34.1. The van der Waals surface area contributed by atoms with E-state index in [1.54, 1.807) is 0 Å². The Bertz CT molecular complexity index is 1930. The molecule has 0 saturated heterocycles. The number of benzene rings is 4. The van der Waals surface area contributed by atoms with Crippen LogP contribution < -0.4 is 17.8 Å². The van der Waals surface area contributed by atoms with Gasteiger partial charge in [0.2, 0.25) is 0 Å². The first kappa shape index (κ1) is 29.9. The quantitative estimate of drug-likeness (QED) is 0.119. The van der Waals surface area contributed by atoms with Crippen molar-refractivity contribution in [2.45, 2.75) is 9.79 Å². The first-order valence-corrected chi connectivity index (χ1v) is 14.9. The number of ether oxygens (including phenoxy) is 2. The summed E-state index contributed by atoms with van der Waals surface area (Å²) in [5.41, 5.74) is -4.19. The van der Waals surface area contributed by atoms with Gasteiger partial charge in [-0.3, -0.25) is 25.0 Å². The number of nitrogens with zero attached hydrogens (tertiary/aromatic N) is 2. The van der Waals surface area contributed by atoms with Crippen molar-refractivity contribution in [3.8, 4) is 34.1 Å². The van der Waals surface area contributed by atoms with Crippen LogP contribution in [0.25, 0.3) is 11.1 Å². The summed E-state index contributed by atoms with van der Waals surface area (Å²) >= 11 is 0. The van der Waals surface area contributed by atoms with Crippen LogP contribution in [0, 0.1) is 20.2 Å². The van der Waals surface area contributed by atoms with Crippen LogP contribution in [0.2, 0.25) is 0 Å². The fourth-order valence-electron chi connectivity index (χ4n) is 4.42. The molecule has 226 valence electrons. The van der Waals surface area contributed by atoms with E-state index in [1.807, 2.05) is 0 Å². The molecule has 0 radical (unpaired) electrons. The lowest BCUT2D eigenvalue weighted by molar-refractivity contribution is -0.386. The zero-order valence-corrected chi connectivity index (χ0v) is 24.1. The average molecular weight is 643 g/mol. The zero-order chi connectivity index (χ0) is 32.0. The molecular formula is C27H18N2O13S2. The van der Waals surface area contributed by atoms with Crippen LogP contribution in [0.1, 0.15) is 15.9 Å². The molecule has 4 aromatic carbocycles. The Kier molecular flexibility index (Phi) is 7.44. The Balaban J connectivity index is 1.62. The number of rotatable bonds is 10. The number of fused-ring (bicyclic) bond motifs is 3. The van der Waals surface area contributed by atoms with E-state index in [-0.39, 0.29) is 11.5 Å². The van der Waals surface area contributed by atoms with Crippen LogP contribution in [0.3, 0.4) is 0 Å². The third-order valence-electron chi connectivity index (χ3n) is 6.42. The fourth-order valence-corrected chi connectivity index (χ4v) is 6.38. The molecule has 0 aliphatic heterocycles. The van der Waals surface area contributed by atoms with Crippen LogP contribution in [0.4, 0.5) is 11.4 Å². The molecule has 0 unspecified atom stereocenters. The topological polar surface area (TPSA) is 209 Å².